The largest absolute Gasteiger partial charge is 0.463 e. The Hall–Kier alpha value is -1.71. The molecule has 1 heterocycles. The zero-order valence-electron chi connectivity index (χ0n) is 12.0. The summed E-state index contributed by atoms with van der Waals surface area (Å²) in [5.74, 6) is -1.89. The summed E-state index contributed by atoms with van der Waals surface area (Å²) in [5, 5.41) is 9.73. The lowest BCUT2D eigenvalue weighted by atomic mass is 9.97. The molecule has 9 heteroatoms. The molecule has 5 atom stereocenters. The number of hydrogen-bond acceptors (Lipinski definition) is 9. The first-order valence-corrected chi connectivity index (χ1v) is 6.29. The Morgan fingerprint density at radius 1 is 1.05 bits per heavy atom. The van der Waals surface area contributed by atoms with Crippen LogP contribution in [0.1, 0.15) is 20.8 Å². The number of hydrogen-bond donors (Lipinski definition) is 2. The smallest absolute Gasteiger partial charge is 0.303 e. The van der Waals surface area contributed by atoms with E-state index in [0.717, 1.165) is 13.8 Å². The van der Waals surface area contributed by atoms with Crippen molar-refractivity contribution in [2.24, 2.45) is 5.73 Å². The molecule has 120 valence electrons. The molecule has 0 aromatic rings. The summed E-state index contributed by atoms with van der Waals surface area (Å²) in [5.41, 5.74) is 5.70. The fourth-order valence-corrected chi connectivity index (χ4v) is 1.95. The Morgan fingerprint density at radius 3 is 2.05 bits per heavy atom. The number of carbonyl (C=O) groups excluding carboxylic acids is 3. The highest BCUT2D eigenvalue weighted by atomic mass is 16.7. The highest BCUT2D eigenvalue weighted by molar-refractivity contribution is 5.67. The van der Waals surface area contributed by atoms with E-state index in [-0.39, 0.29) is 6.61 Å². The van der Waals surface area contributed by atoms with Gasteiger partial charge in [-0.2, -0.15) is 0 Å². The number of esters is 3. The van der Waals surface area contributed by atoms with E-state index in [1.807, 2.05) is 0 Å². The van der Waals surface area contributed by atoms with Crippen molar-refractivity contribution < 1.29 is 38.4 Å². The summed E-state index contributed by atoms with van der Waals surface area (Å²) in [6.45, 7) is 3.22. The Morgan fingerprint density at radius 2 is 1.57 bits per heavy atom. The summed E-state index contributed by atoms with van der Waals surface area (Å²) in [6, 6.07) is -1.10. The third kappa shape index (κ3) is 4.96. The third-order valence-corrected chi connectivity index (χ3v) is 2.77. The van der Waals surface area contributed by atoms with Crippen LogP contribution in [0.4, 0.5) is 0 Å². The van der Waals surface area contributed by atoms with Gasteiger partial charge in [0.05, 0.1) is 6.04 Å². The molecule has 1 saturated heterocycles. The van der Waals surface area contributed by atoms with Crippen LogP contribution in [-0.4, -0.2) is 60.3 Å². The maximum atomic E-state index is 11.2. The van der Waals surface area contributed by atoms with Crippen molar-refractivity contribution in [1.82, 2.24) is 0 Å². The number of aliphatic hydroxyl groups excluding tert-OH is 1. The fraction of sp³-hybridized carbons (Fsp3) is 0.750. The quantitative estimate of drug-likeness (QED) is 0.468. The van der Waals surface area contributed by atoms with Crippen LogP contribution in [0.5, 0.6) is 0 Å². The molecule has 0 saturated carbocycles. The normalized spacial score (nSPS) is 32.1. The monoisotopic (exact) mass is 305 g/mol. The second-order valence-corrected chi connectivity index (χ2v) is 4.59. The van der Waals surface area contributed by atoms with Gasteiger partial charge < -0.3 is 29.8 Å². The maximum Gasteiger partial charge on any atom is 0.303 e. The second-order valence-electron chi connectivity index (χ2n) is 4.59. The van der Waals surface area contributed by atoms with Gasteiger partial charge >= 0.3 is 17.9 Å². The number of ether oxygens (including phenoxy) is 4. The van der Waals surface area contributed by atoms with Crippen LogP contribution < -0.4 is 5.73 Å². The predicted octanol–water partition coefficient (Wildman–Crippen LogP) is -1.54. The minimum Gasteiger partial charge on any atom is -0.463 e. The molecule has 0 aromatic heterocycles. The lowest BCUT2D eigenvalue weighted by molar-refractivity contribution is -0.260. The summed E-state index contributed by atoms with van der Waals surface area (Å²) in [6.07, 6.45) is -4.67. The topological polar surface area (TPSA) is 134 Å². The van der Waals surface area contributed by atoms with Crippen LogP contribution in [0.2, 0.25) is 0 Å². The van der Waals surface area contributed by atoms with Crippen LogP contribution in [-0.2, 0) is 33.3 Å². The van der Waals surface area contributed by atoms with Gasteiger partial charge in [-0.05, 0) is 0 Å². The van der Waals surface area contributed by atoms with Gasteiger partial charge in [-0.3, -0.25) is 14.4 Å². The van der Waals surface area contributed by atoms with E-state index in [1.165, 1.54) is 6.92 Å². The molecule has 0 bridgehead atoms. The second kappa shape index (κ2) is 7.34. The first kappa shape index (κ1) is 17.3. The molecule has 1 aliphatic heterocycles. The Balaban J connectivity index is 2.94. The van der Waals surface area contributed by atoms with Crippen molar-refractivity contribution in [1.29, 1.82) is 0 Å². The predicted molar refractivity (Wildman–Crippen MR) is 66.6 cm³/mol. The maximum absolute atomic E-state index is 11.2. The van der Waals surface area contributed by atoms with Crippen LogP contribution in [0, 0.1) is 0 Å². The molecular formula is C12H19NO8. The van der Waals surface area contributed by atoms with Crippen molar-refractivity contribution in [3.63, 3.8) is 0 Å². The fourth-order valence-electron chi connectivity index (χ4n) is 1.95. The minimum absolute atomic E-state index is 0.283. The molecule has 0 aromatic carbocycles. The van der Waals surface area contributed by atoms with Crippen molar-refractivity contribution >= 4 is 17.9 Å². The third-order valence-electron chi connectivity index (χ3n) is 2.77. The molecule has 21 heavy (non-hydrogen) atoms. The van der Waals surface area contributed by atoms with E-state index < -0.39 is 48.6 Å². The minimum atomic E-state index is -1.46. The lowest BCUT2D eigenvalue weighted by Crippen LogP contribution is -2.64. The summed E-state index contributed by atoms with van der Waals surface area (Å²) in [4.78, 5) is 33.2. The van der Waals surface area contributed by atoms with E-state index in [1.54, 1.807) is 0 Å². The van der Waals surface area contributed by atoms with Crippen LogP contribution in [0.25, 0.3) is 0 Å². The summed E-state index contributed by atoms with van der Waals surface area (Å²) < 4.78 is 20.0. The first-order valence-electron chi connectivity index (χ1n) is 6.29. The van der Waals surface area contributed by atoms with Crippen molar-refractivity contribution in [2.75, 3.05) is 6.61 Å². The summed E-state index contributed by atoms with van der Waals surface area (Å²) >= 11 is 0. The van der Waals surface area contributed by atoms with Gasteiger partial charge in [0, 0.05) is 20.8 Å². The Bertz CT molecular complexity index is 412. The van der Waals surface area contributed by atoms with Gasteiger partial charge in [0.1, 0.15) is 12.7 Å². The highest BCUT2D eigenvalue weighted by Gasteiger charge is 2.48. The number of nitrogens with two attached hydrogens (primary N) is 1. The lowest BCUT2D eigenvalue weighted by Gasteiger charge is -2.41. The molecule has 0 spiro atoms. The van der Waals surface area contributed by atoms with E-state index in [9.17, 15) is 19.5 Å². The van der Waals surface area contributed by atoms with Gasteiger partial charge in [0.25, 0.3) is 0 Å². The summed E-state index contributed by atoms with van der Waals surface area (Å²) in [7, 11) is 0. The number of rotatable bonds is 4. The molecule has 1 rings (SSSR count). The zero-order valence-corrected chi connectivity index (χ0v) is 12.0. The van der Waals surface area contributed by atoms with Crippen molar-refractivity contribution in [2.45, 2.75) is 51.4 Å². The van der Waals surface area contributed by atoms with Gasteiger partial charge in [-0.25, -0.2) is 0 Å². The Kier molecular flexibility index (Phi) is 6.06. The van der Waals surface area contributed by atoms with E-state index >= 15 is 0 Å². The van der Waals surface area contributed by atoms with Crippen LogP contribution in [0.15, 0.2) is 0 Å². The van der Waals surface area contributed by atoms with Crippen molar-refractivity contribution in [3.05, 3.63) is 0 Å². The average Bonchev–Trinajstić information content (AvgIpc) is 2.35. The Labute approximate surface area is 121 Å². The molecule has 0 aliphatic carbocycles. The molecule has 0 amide bonds. The number of carbonyl (C=O) groups is 3. The van der Waals surface area contributed by atoms with Crippen LogP contribution >= 0.6 is 0 Å². The van der Waals surface area contributed by atoms with E-state index in [4.69, 9.17) is 24.7 Å². The molecule has 3 N–H and O–H groups in total. The van der Waals surface area contributed by atoms with E-state index in [2.05, 4.69) is 0 Å². The molecule has 0 radical (unpaired) electrons. The SMILES string of the molecule is CC(=O)OC[C@@H]1O[C@H](O)[C@H](N)[C@@H](OC(C)=O)[C@H]1OC(C)=O. The molecule has 1 aliphatic rings. The zero-order chi connectivity index (χ0) is 16.2. The van der Waals surface area contributed by atoms with Gasteiger partial charge in [-0.1, -0.05) is 0 Å². The number of aliphatic hydroxyl groups is 1. The molecule has 9 nitrogen and oxygen atoms in total. The molecule has 1 fully saturated rings. The van der Waals surface area contributed by atoms with Crippen molar-refractivity contribution in [3.8, 4) is 0 Å². The van der Waals surface area contributed by atoms with Gasteiger partial charge in [0.15, 0.2) is 18.5 Å². The average molecular weight is 305 g/mol. The standard InChI is InChI=1S/C12H19NO8/c1-5(14)18-4-8-10(19-6(2)15)11(20-7(3)16)9(13)12(17)21-8/h8-12,17H,4,13H2,1-3H3/t8-,9+,10-,11+,12-/m0/s1. The van der Waals surface area contributed by atoms with E-state index in [0.29, 0.717) is 0 Å². The van der Waals surface area contributed by atoms with Crippen LogP contribution in [0.3, 0.4) is 0 Å². The first-order chi connectivity index (χ1) is 9.72. The highest BCUT2D eigenvalue weighted by Crippen LogP contribution is 2.24. The molecular weight excluding hydrogens is 286 g/mol. The van der Waals surface area contributed by atoms with Gasteiger partial charge in [-0.15, -0.1) is 0 Å². The molecule has 0 unspecified atom stereocenters. The van der Waals surface area contributed by atoms with Gasteiger partial charge in [0.2, 0.25) is 0 Å².